The molecule has 1 fully saturated rings. The van der Waals surface area contributed by atoms with Crippen LogP contribution in [0.2, 0.25) is 0 Å². The minimum Gasteiger partial charge on any atom is -0.496 e. The number of nitrogens with two attached hydrogens (primary N) is 1. The van der Waals surface area contributed by atoms with Crippen molar-refractivity contribution in [2.24, 2.45) is 5.73 Å². The van der Waals surface area contributed by atoms with Gasteiger partial charge < -0.3 is 10.5 Å². The zero-order chi connectivity index (χ0) is 19.3. The van der Waals surface area contributed by atoms with Crippen LogP contribution in [0.5, 0.6) is 5.75 Å². The van der Waals surface area contributed by atoms with Crippen LogP contribution in [-0.4, -0.2) is 44.8 Å². The predicted octanol–water partition coefficient (Wildman–Crippen LogP) is 2.39. The molecule has 0 aliphatic carbocycles. The van der Waals surface area contributed by atoms with Gasteiger partial charge in [0.25, 0.3) is 0 Å². The van der Waals surface area contributed by atoms with Crippen LogP contribution in [0.3, 0.4) is 0 Å². The van der Waals surface area contributed by atoms with Crippen LogP contribution >= 0.6 is 0 Å². The van der Waals surface area contributed by atoms with E-state index >= 15 is 0 Å². The second-order valence-corrected chi connectivity index (χ2v) is 7.29. The number of piperidine rings is 1. The van der Waals surface area contributed by atoms with Crippen molar-refractivity contribution in [3.8, 4) is 5.75 Å². The summed E-state index contributed by atoms with van der Waals surface area (Å²) >= 11 is 0. The summed E-state index contributed by atoms with van der Waals surface area (Å²) in [4.78, 5) is 2.47. The Kier molecular flexibility index (Phi) is 5.64. The highest BCUT2D eigenvalue weighted by Crippen LogP contribution is 2.33. The lowest BCUT2D eigenvalue weighted by molar-refractivity contribution is 0.119. The molecule has 0 amide bonds. The van der Waals surface area contributed by atoms with Crippen molar-refractivity contribution in [3.05, 3.63) is 71.5 Å². The summed E-state index contributed by atoms with van der Waals surface area (Å²) in [5.74, 6) is 0.895. The van der Waals surface area contributed by atoms with E-state index in [4.69, 9.17) is 10.5 Å². The highest BCUT2D eigenvalue weighted by atomic mass is 16.5. The zero-order valence-electron chi connectivity index (χ0n) is 16.1. The van der Waals surface area contributed by atoms with Gasteiger partial charge in [0.05, 0.1) is 19.7 Å². The first kappa shape index (κ1) is 18.6. The van der Waals surface area contributed by atoms with Gasteiger partial charge in [-0.05, 0) is 53.1 Å². The SMILES string of the molecule is COc1ccc(Cn2cnnn2)cc1CN1CCC[C@H](N)[C@@H]1c1ccccc1. The molecule has 7 heteroatoms. The molecule has 4 rings (SSSR count). The van der Waals surface area contributed by atoms with Gasteiger partial charge in [-0.25, -0.2) is 4.68 Å². The first-order chi connectivity index (χ1) is 13.7. The third-order valence-corrected chi connectivity index (χ3v) is 5.38. The second kappa shape index (κ2) is 8.50. The van der Waals surface area contributed by atoms with Crippen LogP contribution in [0.25, 0.3) is 0 Å². The van der Waals surface area contributed by atoms with E-state index in [1.807, 2.05) is 12.1 Å². The molecular weight excluding hydrogens is 352 g/mol. The van der Waals surface area contributed by atoms with Gasteiger partial charge in [0.2, 0.25) is 0 Å². The molecule has 0 saturated carbocycles. The number of methoxy groups -OCH3 is 1. The molecule has 0 radical (unpaired) electrons. The summed E-state index contributed by atoms with van der Waals surface area (Å²) in [6.07, 6.45) is 3.78. The standard InChI is InChI=1S/C21H26N6O/c1-28-20-10-9-16(13-27-15-23-24-25-27)12-18(20)14-26-11-5-8-19(22)21(26)17-6-3-2-4-7-17/h2-4,6-7,9-10,12,15,19,21H,5,8,11,13-14,22H2,1H3/t19-,21-/m0/s1. The Hall–Kier alpha value is -2.77. The Bertz CT molecular complexity index is 883. The average Bonchev–Trinajstić information content (AvgIpc) is 3.22. The van der Waals surface area contributed by atoms with Crippen molar-refractivity contribution < 1.29 is 4.74 Å². The van der Waals surface area contributed by atoms with E-state index in [9.17, 15) is 0 Å². The van der Waals surface area contributed by atoms with Crippen molar-refractivity contribution in [1.29, 1.82) is 0 Å². The van der Waals surface area contributed by atoms with Crippen molar-refractivity contribution in [3.63, 3.8) is 0 Å². The molecule has 2 heterocycles. The van der Waals surface area contributed by atoms with Gasteiger partial charge in [-0.15, -0.1) is 5.10 Å². The summed E-state index contributed by atoms with van der Waals surface area (Å²) in [6, 6.07) is 17.2. The minimum atomic E-state index is 0.131. The van der Waals surface area contributed by atoms with Crippen LogP contribution in [0, 0.1) is 0 Å². The van der Waals surface area contributed by atoms with E-state index in [1.54, 1.807) is 18.1 Å². The molecular formula is C21H26N6O. The van der Waals surface area contributed by atoms with E-state index in [2.05, 4.69) is 56.8 Å². The van der Waals surface area contributed by atoms with Crippen LogP contribution in [-0.2, 0) is 13.1 Å². The quantitative estimate of drug-likeness (QED) is 0.709. The lowest BCUT2D eigenvalue weighted by Gasteiger charge is -2.40. The van der Waals surface area contributed by atoms with Crippen molar-refractivity contribution in [1.82, 2.24) is 25.1 Å². The Balaban J connectivity index is 1.60. The monoisotopic (exact) mass is 378 g/mol. The van der Waals surface area contributed by atoms with E-state index < -0.39 is 0 Å². The van der Waals surface area contributed by atoms with Crippen molar-refractivity contribution >= 4 is 0 Å². The fourth-order valence-corrected chi connectivity index (χ4v) is 4.10. The minimum absolute atomic E-state index is 0.131. The Morgan fingerprint density at radius 1 is 1.14 bits per heavy atom. The number of hydrogen-bond acceptors (Lipinski definition) is 6. The molecule has 1 aliphatic rings. The lowest BCUT2D eigenvalue weighted by Crippen LogP contribution is -2.45. The summed E-state index contributed by atoms with van der Waals surface area (Å²) < 4.78 is 7.36. The Labute approximate surface area is 165 Å². The van der Waals surface area contributed by atoms with E-state index in [1.165, 1.54) is 5.56 Å². The van der Waals surface area contributed by atoms with Gasteiger partial charge in [-0.1, -0.05) is 36.4 Å². The summed E-state index contributed by atoms with van der Waals surface area (Å²) in [7, 11) is 1.72. The molecule has 1 aliphatic heterocycles. The van der Waals surface area contributed by atoms with Gasteiger partial charge in [-0.3, -0.25) is 4.90 Å². The molecule has 2 aromatic carbocycles. The molecule has 0 unspecified atom stereocenters. The van der Waals surface area contributed by atoms with Gasteiger partial charge >= 0.3 is 0 Å². The molecule has 3 aromatic rings. The number of aromatic nitrogens is 4. The van der Waals surface area contributed by atoms with E-state index in [0.29, 0.717) is 6.54 Å². The summed E-state index contributed by atoms with van der Waals surface area (Å²) in [5, 5.41) is 11.4. The fraction of sp³-hybridized carbons (Fsp3) is 0.381. The normalized spacial score (nSPS) is 20.2. The molecule has 146 valence electrons. The zero-order valence-corrected chi connectivity index (χ0v) is 16.1. The maximum absolute atomic E-state index is 6.55. The topological polar surface area (TPSA) is 82.1 Å². The van der Waals surface area contributed by atoms with E-state index in [0.717, 1.165) is 42.8 Å². The molecule has 1 aromatic heterocycles. The van der Waals surface area contributed by atoms with Crippen LogP contribution in [0.4, 0.5) is 0 Å². The maximum atomic E-state index is 6.55. The van der Waals surface area contributed by atoms with Gasteiger partial charge in [-0.2, -0.15) is 0 Å². The number of nitrogens with zero attached hydrogens (tertiary/aromatic N) is 5. The number of benzene rings is 2. The first-order valence-electron chi connectivity index (χ1n) is 9.66. The van der Waals surface area contributed by atoms with Gasteiger partial charge in [0, 0.05) is 18.2 Å². The highest BCUT2D eigenvalue weighted by Gasteiger charge is 2.30. The third-order valence-electron chi connectivity index (χ3n) is 5.38. The highest BCUT2D eigenvalue weighted by molar-refractivity contribution is 5.38. The molecule has 2 N–H and O–H groups in total. The van der Waals surface area contributed by atoms with E-state index in [-0.39, 0.29) is 12.1 Å². The van der Waals surface area contributed by atoms with Crippen LogP contribution in [0.1, 0.15) is 35.6 Å². The first-order valence-corrected chi connectivity index (χ1v) is 9.66. The summed E-state index contributed by atoms with van der Waals surface area (Å²) in [5.41, 5.74) is 10.1. The molecule has 7 nitrogen and oxygen atoms in total. The maximum Gasteiger partial charge on any atom is 0.138 e. The summed E-state index contributed by atoms with van der Waals surface area (Å²) in [6.45, 7) is 2.44. The number of tetrazole rings is 1. The van der Waals surface area contributed by atoms with Crippen molar-refractivity contribution in [2.75, 3.05) is 13.7 Å². The second-order valence-electron chi connectivity index (χ2n) is 7.29. The molecule has 0 bridgehead atoms. The largest absolute Gasteiger partial charge is 0.496 e. The van der Waals surface area contributed by atoms with Gasteiger partial charge in [0.15, 0.2) is 0 Å². The lowest BCUT2D eigenvalue weighted by atomic mass is 9.90. The van der Waals surface area contributed by atoms with Gasteiger partial charge in [0.1, 0.15) is 12.1 Å². The van der Waals surface area contributed by atoms with Crippen LogP contribution in [0.15, 0.2) is 54.9 Å². The number of hydrogen-bond donors (Lipinski definition) is 1. The Morgan fingerprint density at radius 3 is 2.75 bits per heavy atom. The fourth-order valence-electron chi connectivity index (χ4n) is 4.10. The predicted molar refractivity (Wildman–Crippen MR) is 107 cm³/mol. The average molecular weight is 378 g/mol. The molecule has 1 saturated heterocycles. The molecule has 0 spiro atoms. The molecule has 2 atom stereocenters. The van der Waals surface area contributed by atoms with Crippen molar-refractivity contribution in [2.45, 2.75) is 38.0 Å². The number of ether oxygens (including phenoxy) is 1. The third kappa shape index (κ3) is 4.05. The molecule has 28 heavy (non-hydrogen) atoms. The Morgan fingerprint density at radius 2 is 2.00 bits per heavy atom. The smallest absolute Gasteiger partial charge is 0.138 e. The number of likely N-dealkylation sites (tertiary alicyclic amines) is 1. The number of rotatable bonds is 6. The van der Waals surface area contributed by atoms with Crippen LogP contribution < -0.4 is 10.5 Å².